The average Bonchev–Trinajstić information content (AvgIpc) is 2.94. The van der Waals surface area contributed by atoms with Gasteiger partial charge >= 0.3 is 12.1 Å². The largest absolute Gasteiger partial charge is 0.476 e. The Balaban J connectivity index is 1.68. The minimum absolute atomic E-state index is 0.145. The van der Waals surface area contributed by atoms with Crippen LogP contribution in [0.2, 0.25) is 0 Å². The maximum atomic E-state index is 12.6. The number of hydrogen-bond acceptors (Lipinski definition) is 8. The van der Waals surface area contributed by atoms with Crippen molar-refractivity contribution in [1.82, 2.24) is 20.2 Å². The fraction of sp³-hybridized carbons (Fsp3) is 0.462. The second kappa shape index (κ2) is 6.78. The lowest BCUT2D eigenvalue weighted by atomic mass is 10.4. The quantitative estimate of drug-likeness (QED) is 0.868. The number of aromatic carboxylic acids is 1. The third-order valence-corrected chi connectivity index (χ3v) is 4.63. The van der Waals surface area contributed by atoms with Gasteiger partial charge in [-0.15, -0.1) is 10.2 Å². The Kier molecular flexibility index (Phi) is 4.70. The van der Waals surface area contributed by atoms with Crippen LogP contribution in [-0.4, -0.2) is 57.4 Å². The summed E-state index contributed by atoms with van der Waals surface area (Å²) < 4.78 is 37.9. The summed E-state index contributed by atoms with van der Waals surface area (Å²) >= 11 is 0.525. The first-order valence-electron chi connectivity index (χ1n) is 7.30. The molecule has 0 unspecified atom stereocenters. The van der Waals surface area contributed by atoms with E-state index in [0.29, 0.717) is 49.8 Å². The number of hydrogen-bond donors (Lipinski definition) is 1. The van der Waals surface area contributed by atoms with Crippen LogP contribution in [0.4, 0.5) is 24.1 Å². The van der Waals surface area contributed by atoms with Crippen molar-refractivity contribution >= 4 is 28.3 Å². The first kappa shape index (κ1) is 17.3. The lowest BCUT2D eigenvalue weighted by Gasteiger charge is -2.21. The normalized spacial score (nSPS) is 16.0. The Bertz CT molecular complexity index is 751. The molecule has 0 aliphatic carbocycles. The number of anilines is 2. The van der Waals surface area contributed by atoms with E-state index in [1.54, 1.807) is 4.90 Å². The van der Waals surface area contributed by atoms with Gasteiger partial charge in [-0.25, -0.2) is 14.8 Å². The molecule has 2 aromatic heterocycles. The molecule has 25 heavy (non-hydrogen) atoms. The average molecular weight is 374 g/mol. The summed E-state index contributed by atoms with van der Waals surface area (Å²) in [5.41, 5.74) is -0.145. The smallest absolute Gasteiger partial charge is 0.445 e. The van der Waals surface area contributed by atoms with Crippen LogP contribution in [0.15, 0.2) is 12.4 Å². The third-order valence-electron chi connectivity index (χ3n) is 3.60. The van der Waals surface area contributed by atoms with Gasteiger partial charge in [0.25, 0.3) is 0 Å². The number of carboxylic acid groups (broad SMARTS) is 1. The number of aromatic nitrogens is 4. The van der Waals surface area contributed by atoms with Crippen LogP contribution in [-0.2, 0) is 6.18 Å². The minimum atomic E-state index is -4.49. The molecule has 0 amide bonds. The van der Waals surface area contributed by atoms with Gasteiger partial charge < -0.3 is 14.9 Å². The van der Waals surface area contributed by atoms with E-state index in [1.165, 1.54) is 12.4 Å². The van der Waals surface area contributed by atoms with Crippen molar-refractivity contribution in [3.63, 3.8) is 0 Å². The Labute approximate surface area is 143 Å². The molecular weight excluding hydrogens is 361 g/mol. The predicted octanol–water partition coefficient (Wildman–Crippen LogP) is 1.76. The highest BCUT2D eigenvalue weighted by molar-refractivity contribution is 7.15. The number of halogens is 3. The molecule has 12 heteroatoms. The zero-order valence-electron chi connectivity index (χ0n) is 12.8. The van der Waals surface area contributed by atoms with Crippen LogP contribution >= 0.6 is 11.3 Å². The molecule has 0 atom stereocenters. The molecule has 0 aromatic carbocycles. The lowest BCUT2D eigenvalue weighted by molar-refractivity contribution is -0.138. The third kappa shape index (κ3) is 3.95. The zero-order valence-corrected chi connectivity index (χ0v) is 13.6. The summed E-state index contributed by atoms with van der Waals surface area (Å²) in [6, 6.07) is 0. The van der Waals surface area contributed by atoms with Crippen molar-refractivity contribution in [3.05, 3.63) is 23.1 Å². The lowest BCUT2D eigenvalue weighted by Crippen LogP contribution is -2.31. The summed E-state index contributed by atoms with van der Waals surface area (Å²) in [5, 5.41) is 15.0. The number of carboxylic acids is 1. The molecule has 134 valence electrons. The van der Waals surface area contributed by atoms with E-state index in [-0.39, 0.29) is 10.8 Å². The van der Waals surface area contributed by atoms with E-state index in [9.17, 15) is 18.0 Å². The SMILES string of the molecule is O=C(O)c1cnc(N2CCCN(c3nnc(C(F)(F)F)s3)CC2)cn1. The van der Waals surface area contributed by atoms with Gasteiger partial charge in [-0.2, -0.15) is 13.2 Å². The van der Waals surface area contributed by atoms with E-state index in [0.717, 1.165) is 0 Å². The maximum absolute atomic E-state index is 12.6. The van der Waals surface area contributed by atoms with Gasteiger partial charge in [-0.1, -0.05) is 11.3 Å². The molecular formula is C13H13F3N6O2S. The molecule has 0 bridgehead atoms. The van der Waals surface area contributed by atoms with E-state index in [4.69, 9.17) is 5.11 Å². The van der Waals surface area contributed by atoms with Crippen molar-refractivity contribution in [2.24, 2.45) is 0 Å². The van der Waals surface area contributed by atoms with Gasteiger partial charge in [0.2, 0.25) is 10.1 Å². The second-order valence-corrected chi connectivity index (χ2v) is 6.24. The summed E-state index contributed by atoms with van der Waals surface area (Å²) in [7, 11) is 0. The van der Waals surface area contributed by atoms with Gasteiger partial charge in [0.05, 0.1) is 12.4 Å². The molecule has 3 heterocycles. The molecule has 2 aromatic rings. The maximum Gasteiger partial charge on any atom is 0.445 e. The number of carbonyl (C=O) groups is 1. The first-order valence-corrected chi connectivity index (χ1v) is 8.12. The number of rotatable bonds is 3. The molecule has 8 nitrogen and oxygen atoms in total. The van der Waals surface area contributed by atoms with E-state index < -0.39 is 17.2 Å². The summed E-state index contributed by atoms with van der Waals surface area (Å²) in [5.74, 6) is -0.627. The summed E-state index contributed by atoms with van der Waals surface area (Å²) in [4.78, 5) is 22.4. The highest BCUT2D eigenvalue weighted by Gasteiger charge is 2.36. The van der Waals surface area contributed by atoms with Crippen molar-refractivity contribution in [1.29, 1.82) is 0 Å². The van der Waals surface area contributed by atoms with Crippen LogP contribution < -0.4 is 9.80 Å². The monoisotopic (exact) mass is 374 g/mol. The van der Waals surface area contributed by atoms with Gasteiger partial charge in [-0.3, -0.25) is 0 Å². The van der Waals surface area contributed by atoms with Crippen molar-refractivity contribution in [2.45, 2.75) is 12.6 Å². The summed E-state index contributed by atoms with van der Waals surface area (Å²) in [6.45, 7) is 2.13. The van der Waals surface area contributed by atoms with Gasteiger partial charge in [0.1, 0.15) is 5.82 Å². The van der Waals surface area contributed by atoms with Crippen LogP contribution in [0.5, 0.6) is 0 Å². The van der Waals surface area contributed by atoms with E-state index in [1.807, 2.05) is 4.90 Å². The molecule has 0 radical (unpaired) electrons. The molecule has 1 aliphatic heterocycles. The zero-order chi connectivity index (χ0) is 18.0. The number of alkyl halides is 3. The van der Waals surface area contributed by atoms with Crippen LogP contribution in [0.1, 0.15) is 21.9 Å². The second-order valence-electron chi connectivity index (χ2n) is 5.28. The topological polar surface area (TPSA) is 95.3 Å². The van der Waals surface area contributed by atoms with Gasteiger partial charge in [0, 0.05) is 26.2 Å². The Morgan fingerprint density at radius 2 is 1.80 bits per heavy atom. The first-order chi connectivity index (χ1) is 11.8. The van der Waals surface area contributed by atoms with E-state index in [2.05, 4.69) is 20.2 Å². The van der Waals surface area contributed by atoms with E-state index >= 15 is 0 Å². The number of nitrogens with zero attached hydrogens (tertiary/aromatic N) is 6. The fourth-order valence-corrected chi connectivity index (χ4v) is 3.15. The molecule has 0 saturated carbocycles. The Morgan fingerprint density at radius 3 is 2.40 bits per heavy atom. The molecule has 1 aliphatic rings. The van der Waals surface area contributed by atoms with Crippen LogP contribution in [0.3, 0.4) is 0 Å². The van der Waals surface area contributed by atoms with Crippen molar-refractivity contribution < 1.29 is 23.1 Å². The molecule has 1 saturated heterocycles. The molecule has 1 N–H and O–H groups in total. The standard InChI is InChI=1S/C13H13F3N6O2S/c14-13(15,16)11-19-20-12(25-11)22-3-1-2-21(4-5-22)9-7-17-8(6-18-9)10(23)24/h6-7H,1-5H2,(H,23,24). The van der Waals surface area contributed by atoms with Crippen LogP contribution in [0, 0.1) is 0 Å². The molecule has 1 fully saturated rings. The van der Waals surface area contributed by atoms with Gasteiger partial charge in [-0.05, 0) is 6.42 Å². The summed E-state index contributed by atoms with van der Waals surface area (Å²) in [6.07, 6.45) is -1.24. The van der Waals surface area contributed by atoms with Crippen molar-refractivity contribution in [3.8, 4) is 0 Å². The fourth-order valence-electron chi connectivity index (χ4n) is 2.39. The predicted molar refractivity (Wildman–Crippen MR) is 82.9 cm³/mol. The minimum Gasteiger partial charge on any atom is -0.476 e. The molecule has 3 rings (SSSR count). The Hall–Kier alpha value is -2.50. The van der Waals surface area contributed by atoms with Crippen molar-refractivity contribution in [2.75, 3.05) is 36.0 Å². The van der Waals surface area contributed by atoms with Crippen LogP contribution in [0.25, 0.3) is 0 Å². The molecule has 0 spiro atoms. The highest BCUT2D eigenvalue weighted by atomic mass is 32.1. The Morgan fingerprint density at radius 1 is 1.08 bits per heavy atom. The highest BCUT2D eigenvalue weighted by Crippen LogP contribution is 2.34. The van der Waals surface area contributed by atoms with Gasteiger partial charge in [0.15, 0.2) is 5.69 Å².